The van der Waals surface area contributed by atoms with Gasteiger partial charge in [-0.2, -0.15) is 0 Å². The third-order valence-corrected chi connectivity index (χ3v) is 6.96. The summed E-state index contributed by atoms with van der Waals surface area (Å²) in [6.45, 7) is 7.00. The summed E-state index contributed by atoms with van der Waals surface area (Å²) in [5.74, 6) is 1.73. The summed E-state index contributed by atoms with van der Waals surface area (Å²) in [5, 5.41) is 5.04. The molecule has 178 valence electrons. The zero-order chi connectivity index (χ0) is 24.4. The summed E-state index contributed by atoms with van der Waals surface area (Å²) in [7, 11) is 3.09. The molecule has 2 atom stereocenters. The fraction of sp³-hybridized carbons (Fsp3) is 0.320. The number of anilines is 1. The van der Waals surface area contributed by atoms with Crippen molar-refractivity contribution in [1.29, 1.82) is 0 Å². The SMILES string of the molecule is C=CC(=O)N1C[C@@H](CC)[C@H](Nc2ncc3cc(-c4c(Cl)c(OC)cc(OC)c4Cl)ccc3n2)C1. The first-order valence-electron chi connectivity index (χ1n) is 10.9. The number of carbonyl (C=O) groups is 1. The minimum atomic E-state index is -0.0544. The Morgan fingerprint density at radius 3 is 2.53 bits per heavy atom. The second kappa shape index (κ2) is 10.1. The van der Waals surface area contributed by atoms with Crippen molar-refractivity contribution in [3.05, 3.63) is 53.2 Å². The maximum Gasteiger partial charge on any atom is 0.246 e. The molecule has 0 aliphatic carbocycles. The van der Waals surface area contributed by atoms with Crippen LogP contribution in [0.1, 0.15) is 13.3 Å². The maximum absolute atomic E-state index is 12.0. The van der Waals surface area contributed by atoms with Gasteiger partial charge in [0.15, 0.2) is 0 Å². The van der Waals surface area contributed by atoms with Crippen LogP contribution in [0.2, 0.25) is 10.0 Å². The molecule has 0 spiro atoms. The van der Waals surface area contributed by atoms with Crippen LogP contribution >= 0.6 is 23.2 Å². The molecular weight excluding hydrogens is 475 g/mol. The molecule has 2 heterocycles. The minimum absolute atomic E-state index is 0.0544. The number of halogens is 2. The second-order valence-corrected chi connectivity index (χ2v) is 8.87. The number of carbonyl (C=O) groups excluding carboxylic acids is 1. The van der Waals surface area contributed by atoms with E-state index in [9.17, 15) is 4.79 Å². The lowest BCUT2D eigenvalue weighted by molar-refractivity contribution is -0.125. The Kier molecular flexibility index (Phi) is 7.14. The highest BCUT2D eigenvalue weighted by atomic mass is 35.5. The van der Waals surface area contributed by atoms with Gasteiger partial charge < -0.3 is 19.7 Å². The first-order valence-corrected chi connectivity index (χ1v) is 11.7. The lowest BCUT2D eigenvalue weighted by Gasteiger charge is -2.18. The van der Waals surface area contributed by atoms with Crippen LogP contribution in [0.25, 0.3) is 22.0 Å². The molecule has 0 radical (unpaired) electrons. The number of methoxy groups -OCH3 is 2. The van der Waals surface area contributed by atoms with Crippen molar-refractivity contribution in [2.24, 2.45) is 5.92 Å². The van der Waals surface area contributed by atoms with E-state index in [1.165, 1.54) is 6.08 Å². The van der Waals surface area contributed by atoms with E-state index in [1.807, 2.05) is 23.1 Å². The number of amides is 1. The van der Waals surface area contributed by atoms with E-state index in [0.717, 1.165) is 22.9 Å². The molecule has 1 amide bonds. The number of likely N-dealkylation sites (tertiary alicyclic amines) is 1. The van der Waals surface area contributed by atoms with E-state index < -0.39 is 0 Å². The first-order chi connectivity index (χ1) is 16.4. The molecule has 0 saturated carbocycles. The lowest BCUT2D eigenvalue weighted by Crippen LogP contribution is -2.31. The second-order valence-electron chi connectivity index (χ2n) is 8.12. The van der Waals surface area contributed by atoms with Crippen LogP contribution in [0.5, 0.6) is 11.5 Å². The first kappa shape index (κ1) is 24.1. The van der Waals surface area contributed by atoms with Gasteiger partial charge in [-0.1, -0.05) is 42.8 Å². The van der Waals surface area contributed by atoms with Crippen LogP contribution in [-0.4, -0.2) is 54.1 Å². The number of nitrogens with one attached hydrogen (secondary N) is 1. The van der Waals surface area contributed by atoms with E-state index in [-0.39, 0.29) is 11.9 Å². The Morgan fingerprint density at radius 2 is 1.91 bits per heavy atom. The number of nitrogens with zero attached hydrogens (tertiary/aromatic N) is 3. The van der Waals surface area contributed by atoms with Crippen LogP contribution in [-0.2, 0) is 4.79 Å². The number of aromatic nitrogens is 2. The molecule has 2 aromatic carbocycles. The summed E-state index contributed by atoms with van der Waals surface area (Å²) in [6.07, 6.45) is 4.06. The molecule has 34 heavy (non-hydrogen) atoms. The number of hydrogen-bond donors (Lipinski definition) is 1. The highest BCUT2D eigenvalue weighted by Crippen LogP contribution is 2.46. The lowest BCUT2D eigenvalue weighted by atomic mass is 10.0. The smallest absolute Gasteiger partial charge is 0.246 e. The third-order valence-electron chi connectivity index (χ3n) is 6.21. The van der Waals surface area contributed by atoms with Gasteiger partial charge >= 0.3 is 0 Å². The van der Waals surface area contributed by atoms with E-state index in [2.05, 4.69) is 28.8 Å². The molecule has 4 rings (SSSR count). The topological polar surface area (TPSA) is 76.6 Å². The highest BCUT2D eigenvalue weighted by molar-refractivity contribution is 6.41. The third kappa shape index (κ3) is 4.50. The summed E-state index contributed by atoms with van der Waals surface area (Å²) in [4.78, 5) is 23.0. The predicted molar refractivity (Wildman–Crippen MR) is 136 cm³/mol. The fourth-order valence-corrected chi connectivity index (χ4v) is 5.04. The van der Waals surface area contributed by atoms with Gasteiger partial charge in [0.25, 0.3) is 0 Å². The Morgan fingerprint density at radius 1 is 1.21 bits per heavy atom. The molecule has 1 aliphatic heterocycles. The molecule has 1 aliphatic rings. The van der Waals surface area contributed by atoms with Gasteiger partial charge in [0, 0.05) is 36.3 Å². The zero-order valence-electron chi connectivity index (χ0n) is 19.3. The van der Waals surface area contributed by atoms with Crippen LogP contribution in [0.15, 0.2) is 43.1 Å². The van der Waals surface area contributed by atoms with Gasteiger partial charge in [0.2, 0.25) is 11.9 Å². The molecular formula is C25H26Cl2N4O3. The van der Waals surface area contributed by atoms with Crippen molar-refractivity contribution >= 4 is 46.0 Å². The molecule has 1 aromatic heterocycles. The van der Waals surface area contributed by atoms with E-state index >= 15 is 0 Å². The minimum Gasteiger partial charge on any atom is -0.495 e. The van der Waals surface area contributed by atoms with E-state index in [0.29, 0.717) is 52.1 Å². The predicted octanol–water partition coefficient (Wildman–Crippen LogP) is 5.46. The quantitative estimate of drug-likeness (QED) is 0.434. The molecule has 3 aromatic rings. The summed E-state index contributed by atoms with van der Waals surface area (Å²) < 4.78 is 10.8. The number of rotatable bonds is 7. The van der Waals surface area contributed by atoms with Crippen LogP contribution in [0.4, 0.5) is 5.95 Å². The molecule has 0 unspecified atom stereocenters. The van der Waals surface area contributed by atoms with Gasteiger partial charge in [-0.25, -0.2) is 9.97 Å². The number of hydrogen-bond acceptors (Lipinski definition) is 6. The van der Waals surface area contributed by atoms with Crippen LogP contribution in [0.3, 0.4) is 0 Å². The van der Waals surface area contributed by atoms with Crippen molar-refractivity contribution in [3.8, 4) is 22.6 Å². The number of benzene rings is 2. The van der Waals surface area contributed by atoms with Gasteiger partial charge in [-0.05, 0) is 36.1 Å². The van der Waals surface area contributed by atoms with Crippen LogP contribution in [0, 0.1) is 5.92 Å². The molecule has 1 N–H and O–H groups in total. The normalized spacial score (nSPS) is 17.6. The summed E-state index contributed by atoms with van der Waals surface area (Å²) in [6, 6.07) is 7.47. The summed E-state index contributed by atoms with van der Waals surface area (Å²) >= 11 is 13.2. The monoisotopic (exact) mass is 500 g/mol. The van der Waals surface area contributed by atoms with Crippen molar-refractivity contribution in [3.63, 3.8) is 0 Å². The Hall–Kier alpha value is -3.03. The fourth-order valence-electron chi connectivity index (χ4n) is 4.32. The highest BCUT2D eigenvalue weighted by Gasteiger charge is 2.33. The van der Waals surface area contributed by atoms with Crippen LogP contribution < -0.4 is 14.8 Å². The number of fused-ring (bicyclic) bond motifs is 1. The van der Waals surface area contributed by atoms with Gasteiger partial charge in [0.05, 0.1) is 35.8 Å². The summed E-state index contributed by atoms with van der Waals surface area (Å²) in [5.41, 5.74) is 2.19. The van der Waals surface area contributed by atoms with Gasteiger partial charge in [-0.15, -0.1) is 0 Å². The Bertz CT molecular complexity index is 1220. The van der Waals surface area contributed by atoms with E-state index in [4.69, 9.17) is 32.7 Å². The standard InChI is InChI=1S/C25H26Cl2N4O3/c1-5-14-12-31(21(32)6-2)13-18(14)30-25-28-11-16-9-15(7-8-17(16)29-25)22-23(26)19(33-3)10-20(34-4)24(22)27/h6-11,14,18H,2,5,12-13H2,1,3-4H3,(H,28,29,30)/t14-,18-/m1/s1. The molecule has 0 bridgehead atoms. The Labute approximate surface area is 208 Å². The molecule has 7 nitrogen and oxygen atoms in total. The average Bonchev–Trinajstić information content (AvgIpc) is 3.26. The molecule has 1 saturated heterocycles. The van der Waals surface area contributed by atoms with Crippen molar-refractivity contribution in [2.75, 3.05) is 32.6 Å². The zero-order valence-corrected chi connectivity index (χ0v) is 20.8. The van der Waals surface area contributed by atoms with Crippen molar-refractivity contribution < 1.29 is 14.3 Å². The van der Waals surface area contributed by atoms with Gasteiger partial charge in [-0.3, -0.25) is 4.79 Å². The Balaban J connectivity index is 1.64. The average molecular weight is 501 g/mol. The van der Waals surface area contributed by atoms with E-state index in [1.54, 1.807) is 26.5 Å². The number of ether oxygens (including phenoxy) is 2. The van der Waals surface area contributed by atoms with Gasteiger partial charge in [0.1, 0.15) is 11.5 Å². The molecule has 1 fully saturated rings. The van der Waals surface area contributed by atoms with Crippen molar-refractivity contribution in [2.45, 2.75) is 19.4 Å². The largest absolute Gasteiger partial charge is 0.495 e. The maximum atomic E-state index is 12.0. The molecule has 9 heteroatoms. The van der Waals surface area contributed by atoms with Crippen molar-refractivity contribution in [1.82, 2.24) is 14.9 Å².